The van der Waals surface area contributed by atoms with Crippen LogP contribution in [0.1, 0.15) is 40.7 Å². The molecular weight excluding hydrogens is 262 g/mol. The summed E-state index contributed by atoms with van der Waals surface area (Å²) in [5.74, 6) is 0. The average Bonchev–Trinajstić information content (AvgIpc) is 2.86. The predicted molar refractivity (Wildman–Crippen MR) is 82.7 cm³/mol. The molecule has 3 nitrogen and oxygen atoms in total. The zero-order chi connectivity index (χ0) is 14.4. The van der Waals surface area contributed by atoms with Crippen LogP contribution in [0.2, 0.25) is 0 Å². The Morgan fingerprint density at radius 1 is 1.10 bits per heavy atom. The number of benzene rings is 1. The van der Waals surface area contributed by atoms with Crippen molar-refractivity contribution in [2.45, 2.75) is 38.5 Å². The molecule has 0 unspecified atom stereocenters. The zero-order valence-electron chi connectivity index (χ0n) is 12.0. The molecule has 3 heteroatoms. The molecule has 0 saturated heterocycles. The Morgan fingerprint density at radius 2 is 1.90 bits per heavy atom. The summed E-state index contributed by atoms with van der Waals surface area (Å²) in [5.41, 5.74) is 8.41. The molecule has 0 fully saturated rings. The molecule has 0 atom stereocenters. The molecular formula is C18H19NO2. The Morgan fingerprint density at radius 3 is 2.71 bits per heavy atom. The van der Waals surface area contributed by atoms with E-state index in [-0.39, 0.29) is 12.2 Å². The average molecular weight is 281 g/mol. The molecule has 21 heavy (non-hydrogen) atoms. The van der Waals surface area contributed by atoms with Crippen LogP contribution in [0.4, 0.5) is 0 Å². The summed E-state index contributed by atoms with van der Waals surface area (Å²) in [4.78, 5) is 15.4. The number of aromatic nitrogens is 1. The van der Waals surface area contributed by atoms with Crippen LogP contribution in [0.3, 0.4) is 0 Å². The fourth-order valence-corrected chi connectivity index (χ4v) is 3.84. The summed E-state index contributed by atoms with van der Waals surface area (Å²) in [5, 5.41) is 9.09. The van der Waals surface area contributed by atoms with E-state index in [1.807, 2.05) is 0 Å². The first-order valence-electron chi connectivity index (χ1n) is 7.78. The van der Waals surface area contributed by atoms with E-state index in [1.54, 1.807) is 0 Å². The Balaban J connectivity index is 1.87. The van der Waals surface area contributed by atoms with Crippen molar-refractivity contribution in [3.05, 3.63) is 56.4 Å². The molecule has 4 rings (SSSR count). The molecule has 2 aromatic rings. The third kappa shape index (κ3) is 1.95. The highest BCUT2D eigenvalue weighted by Gasteiger charge is 2.26. The molecule has 2 N–H and O–H groups in total. The van der Waals surface area contributed by atoms with Crippen LogP contribution in [-0.2, 0) is 25.7 Å². The fraction of sp³-hybridized carbons (Fsp3) is 0.389. The van der Waals surface area contributed by atoms with Gasteiger partial charge in [-0.05, 0) is 54.4 Å². The number of aromatic amines is 1. The van der Waals surface area contributed by atoms with Gasteiger partial charge in [-0.15, -0.1) is 0 Å². The van der Waals surface area contributed by atoms with Gasteiger partial charge in [-0.1, -0.05) is 18.2 Å². The van der Waals surface area contributed by atoms with Crippen molar-refractivity contribution in [2.75, 3.05) is 6.61 Å². The van der Waals surface area contributed by atoms with Crippen molar-refractivity contribution in [1.82, 2.24) is 4.98 Å². The van der Waals surface area contributed by atoms with Crippen LogP contribution < -0.4 is 5.56 Å². The number of rotatable bonds is 2. The second-order valence-electron chi connectivity index (χ2n) is 6.11. The first-order chi connectivity index (χ1) is 10.3. The highest BCUT2D eigenvalue weighted by Crippen LogP contribution is 2.39. The van der Waals surface area contributed by atoms with E-state index in [9.17, 15) is 4.79 Å². The van der Waals surface area contributed by atoms with Gasteiger partial charge in [0.15, 0.2) is 0 Å². The molecule has 0 amide bonds. The lowest BCUT2D eigenvalue weighted by molar-refractivity contribution is 0.299. The van der Waals surface area contributed by atoms with Crippen LogP contribution in [-0.4, -0.2) is 16.7 Å². The van der Waals surface area contributed by atoms with E-state index in [0.717, 1.165) is 42.5 Å². The predicted octanol–water partition coefficient (Wildman–Crippen LogP) is 2.36. The van der Waals surface area contributed by atoms with Gasteiger partial charge >= 0.3 is 0 Å². The first-order valence-corrected chi connectivity index (χ1v) is 7.78. The van der Waals surface area contributed by atoms with E-state index < -0.39 is 0 Å². The molecule has 108 valence electrons. The number of aliphatic hydroxyl groups is 1. The van der Waals surface area contributed by atoms with Gasteiger partial charge in [0.25, 0.3) is 5.56 Å². The normalized spacial score (nSPS) is 15.5. The summed E-state index contributed by atoms with van der Waals surface area (Å²) >= 11 is 0. The second kappa shape index (κ2) is 4.85. The monoisotopic (exact) mass is 281 g/mol. The van der Waals surface area contributed by atoms with Crippen LogP contribution >= 0.6 is 0 Å². The van der Waals surface area contributed by atoms with Crippen LogP contribution in [0.25, 0.3) is 11.3 Å². The van der Waals surface area contributed by atoms with Gasteiger partial charge in [0.2, 0.25) is 0 Å². The number of aliphatic hydroxyl groups excluding tert-OH is 1. The van der Waals surface area contributed by atoms with Gasteiger partial charge in [-0.3, -0.25) is 4.79 Å². The Labute approximate surface area is 123 Å². The van der Waals surface area contributed by atoms with Crippen molar-refractivity contribution in [1.29, 1.82) is 0 Å². The molecule has 1 aromatic heterocycles. The van der Waals surface area contributed by atoms with E-state index in [2.05, 4.69) is 23.2 Å². The van der Waals surface area contributed by atoms with Gasteiger partial charge in [0.1, 0.15) is 0 Å². The topological polar surface area (TPSA) is 53.1 Å². The maximum absolute atomic E-state index is 12.3. The third-order valence-corrected chi connectivity index (χ3v) is 4.85. The highest BCUT2D eigenvalue weighted by atomic mass is 16.2. The molecule has 1 aromatic carbocycles. The SMILES string of the molecule is O=c1[nH]c2c(c3c1CCCC3)Cc1cc(CCO)ccc1-2. The van der Waals surface area contributed by atoms with Crippen molar-refractivity contribution in [3.63, 3.8) is 0 Å². The minimum absolute atomic E-state index is 0.107. The second-order valence-corrected chi connectivity index (χ2v) is 6.11. The Hall–Kier alpha value is -1.87. The highest BCUT2D eigenvalue weighted by molar-refractivity contribution is 5.75. The Kier molecular flexibility index (Phi) is 2.96. The van der Waals surface area contributed by atoms with Crippen molar-refractivity contribution in [3.8, 4) is 11.3 Å². The first kappa shape index (κ1) is 12.8. The minimum Gasteiger partial charge on any atom is -0.396 e. The van der Waals surface area contributed by atoms with Crippen LogP contribution in [0.5, 0.6) is 0 Å². The molecule has 2 aliphatic rings. The lowest BCUT2D eigenvalue weighted by atomic mass is 9.88. The maximum atomic E-state index is 12.3. The van der Waals surface area contributed by atoms with E-state index >= 15 is 0 Å². The Bertz CT molecular complexity index is 774. The van der Waals surface area contributed by atoms with Crippen molar-refractivity contribution >= 4 is 0 Å². The summed E-state index contributed by atoms with van der Waals surface area (Å²) in [6.07, 6.45) is 5.89. The number of pyridine rings is 1. The molecule has 0 aliphatic heterocycles. The van der Waals surface area contributed by atoms with Gasteiger partial charge < -0.3 is 10.1 Å². The third-order valence-electron chi connectivity index (χ3n) is 4.85. The quantitative estimate of drug-likeness (QED) is 0.757. The molecule has 1 heterocycles. The number of H-pyrrole nitrogens is 1. The number of hydrogen-bond donors (Lipinski definition) is 2. The molecule has 2 aliphatic carbocycles. The lowest BCUT2D eigenvalue weighted by Gasteiger charge is -2.18. The fourth-order valence-electron chi connectivity index (χ4n) is 3.84. The standard InChI is InChI=1S/C18H19NO2/c20-8-7-11-5-6-13-12(9-11)10-16-14-3-1-2-4-15(14)18(21)19-17(13)16/h5-6,9,20H,1-4,7-8,10H2,(H,19,21). The lowest BCUT2D eigenvalue weighted by Crippen LogP contribution is -2.21. The zero-order valence-corrected chi connectivity index (χ0v) is 12.0. The minimum atomic E-state index is 0.107. The maximum Gasteiger partial charge on any atom is 0.251 e. The van der Waals surface area contributed by atoms with Gasteiger partial charge in [0.05, 0.1) is 5.69 Å². The van der Waals surface area contributed by atoms with Gasteiger partial charge in [-0.25, -0.2) is 0 Å². The van der Waals surface area contributed by atoms with Crippen LogP contribution in [0.15, 0.2) is 23.0 Å². The van der Waals surface area contributed by atoms with Gasteiger partial charge in [-0.2, -0.15) is 0 Å². The van der Waals surface area contributed by atoms with E-state index in [0.29, 0.717) is 6.42 Å². The smallest absolute Gasteiger partial charge is 0.251 e. The molecule has 0 saturated carbocycles. The van der Waals surface area contributed by atoms with E-state index in [4.69, 9.17) is 5.11 Å². The van der Waals surface area contributed by atoms with Gasteiger partial charge in [0, 0.05) is 24.2 Å². The summed E-state index contributed by atoms with van der Waals surface area (Å²) in [6, 6.07) is 6.33. The van der Waals surface area contributed by atoms with Crippen molar-refractivity contribution in [2.24, 2.45) is 0 Å². The molecule has 0 radical (unpaired) electrons. The summed E-state index contributed by atoms with van der Waals surface area (Å²) < 4.78 is 0. The number of fused-ring (bicyclic) bond motifs is 5. The van der Waals surface area contributed by atoms with Crippen molar-refractivity contribution < 1.29 is 5.11 Å². The van der Waals surface area contributed by atoms with E-state index in [1.165, 1.54) is 28.7 Å². The molecule has 0 bridgehead atoms. The molecule has 0 spiro atoms. The number of hydrogen-bond acceptors (Lipinski definition) is 2. The summed E-state index contributed by atoms with van der Waals surface area (Å²) in [7, 11) is 0. The van der Waals surface area contributed by atoms with Crippen LogP contribution in [0, 0.1) is 0 Å². The number of nitrogens with one attached hydrogen (secondary N) is 1. The summed E-state index contributed by atoms with van der Waals surface area (Å²) in [6.45, 7) is 0.179. The largest absolute Gasteiger partial charge is 0.396 e.